The lowest BCUT2D eigenvalue weighted by atomic mass is 10.0. The van der Waals surface area contributed by atoms with Gasteiger partial charge in [-0.05, 0) is 39.0 Å². The van der Waals surface area contributed by atoms with Gasteiger partial charge in [0.15, 0.2) is 0 Å². The molecule has 0 spiro atoms. The number of nitrogens with zero attached hydrogens (tertiary/aromatic N) is 5. The van der Waals surface area contributed by atoms with E-state index in [1.54, 1.807) is 38.6 Å². The summed E-state index contributed by atoms with van der Waals surface area (Å²) < 4.78 is 7.18. The number of ether oxygens (including phenoxy) is 1. The molecule has 1 atom stereocenters. The Morgan fingerprint density at radius 3 is 2.44 bits per heavy atom. The molecule has 0 saturated carbocycles. The van der Waals surface area contributed by atoms with Crippen LogP contribution in [0.3, 0.4) is 0 Å². The average Bonchev–Trinajstić information content (AvgIpc) is 3.17. The Bertz CT molecular complexity index is 1310. The number of rotatable bonds is 6. The van der Waals surface area contributed by atoms with Crippen molar-refractivity contribution in [2.75, 3.05) is 7.11 Å². The molecule has 0 bridgehead atoms. The van der Waals surface area contributed by atoms with Crippen LogP contribution in [-0.4, -0.2) is 42.4 Å². The van der Waals surface area contributed by atoms with Crippen LogP contribution in [0, 0.1) is 5.41 Å². The van der Waals surface area contributed by atoms with Gasteiger partial charge in [-0.3, -0.25) is 9.97 Å². The first-order valence-corrected chi connectivity index (χ1v) is 10.1. The first-order chi connectivity index (χ1) is 15.4. The molecule has 0 saturated heterocycles. The molecule has 0 amide bonds. The summed E-state index contributed by atoms with van der Waals surface area (Å²) in [5.74, 6) is 0.0818. The van der Waals surface area contributed by atoms with Crippen LogP contribution in [0.5, 0.6) is 6.01 Å². The van der Waals surface area contributed by atoms with E-state index < -0.39 is 0 Å². The number of hydrogen-bond acceptors (Lipinski definition) is 7. The highest BCUT2D eigenvalue weighted by molar-refractivity contribution is 6.22. The Hall–Kier alpha value is -4.07. The maximum atomic E-state index is 10.2. The van der Waals surface area contributed by atoms with Crippen LogP contribution >= 0.6 is 0 Å². The van der Waals surface area contributed by atoms with Gasteiger partial charge >= 0.3 is 6.01 Å². The van der Waals surface area contributed by atoms with Crippen LogP contribution in [0.2, 0.25) is 0 Å². The number of pyridine rings is 2. The largest absolute Gasteiger partial charge is 0.512 e. The fraction of sp³-hybridized carbons (Fsp3) is 0.208. The predicted octanol–water partition coefficient (Wildman–Crippen LogP) is 4.83. The average molecular weight is 428 g/mol. The number of methoxy groups -OCH3 is 1. The van der Waals surface area contributed by atoms with Gasteiger partial charge in [0, 0.05) is 59.0 Å². The van der Waals surface area contributed by atoms with E-state index in [1.807, 2.05) is 30.5 Å². The summed E-state index contributed by atoms with van der Waals surface area (Å²) in [6.45, 7) is 5.29. The fourth-order valence-corrected chi connectivity index (χ4v) is 3.82. The highest BCUT2D eigenvalue weighted by atomic mass is 16.5. The Kier molecular flexibility index (Phi) is 5.68. The molecular formula is C24H24N6O2. The molecule has 2 N–H and O–H groups in total. The predicted molar refractivity (Wildman–Crippen MR) is 124 cm³/mol. The topological polar surface area (TPSA) is 110 Å². The minimum absolute atomic E-state index is 0.0765. The second kappa shape index (κ2) is 8.58. The normalized spacial score (nSPS) is 13.0. The summed E-state index contributed by atoms with van der Waals surface area (Å²) >= 11 is 0. The van der Waals surface area contributed by atoms with Crippen molar-refractivity contribution < 1.29 is 9.84 Å². The van der Waals surface area contributed by atoms with Crippen LogP contribution in [0.15, 0.2) is 61.0 Å². The van der Waals surface area contributed by atoms with Crippen molar-refractivity contribution in [3.8, 4) is 17.1 Å². The van der Waals surface area contributed by atoms with Crippen molar-refractivity contribution in [3.05, 3.63) is 72.3 Å². The zero-order valence-corrected chi connectivity index (χ0v) is 18.4. The number of allylic oxidation sites excluding steroid dienone is 2. The van der Waals surface area contributed by atoms with E-state index in [0.29, 0.717) is 17.1 Å². The molecule has 0 aliphatic rings. The Morgan fingerprint density at radius 2 is 1.84 bits per heavy atom. The van der Waals surface area contributed by atoms with Gasteiger partial charge in [-0.25, -0.2) is 9.97 Å². The molecule has 0 fully saturated rings. The number of aliphatic hydroxyl groups excluding tert-OH is 1. The molecular weight excluding hydrogens is 404 g/mol. The standard InChI is InChI=1S/C24H24N6O2/c1-14(25)22(16(3)31)17-9-21-23(27-10-17)19(18-11-28-24(32-4)29-12-18)13-30(21)15(2)20-7-5-6-8-26-20/h5-13,15,25,31H,1-4H3/b22-16+,25-14?/t15-/m0/s1. The van der Waals surface area contributed by atoms with Crippen molar-refractivity contribution in [1.29, 1.82) is 5.41 Å². The molecule has 4 aromatic heterocycles. The van der Waals surface area contributed by atoms with E-state index in [1.165, 1.54) is 7.11 Å². The molecule has 4 rings (SSSR count). The lowest BCUT2D eigenvalue weighted by Crippen LogP contribution is -2.07. The van der Waals surface area contributed by atoms with Crippen molar-refractivity contribution in [1.82, 2.24) is 24.5 Å². The summed E-state index contributed by atoms with van der Waals surface area (Å²) in [5.41, 5.74) is 5.61. The lowest BCUT2D eigenvalue weighted by molar-refractivity contribution is 0.380. The SMILES string of the molecule is COc1ncc(-c2cn([C@@H](C)c3ccccn3)c3cc(/C(C(C)=N)=C(\C)O)cnc23)cn1. The third-order valence-corrected chi connectivity index (χ3v) is 5.35. The second-order valence-electron chi connectivity index (χ2n) is 7.52. The summed E-state index contributed by atoms with van der Waals surface area (Å²) in [6, 6.07) is 7.99. The Labute approximate surface area is 185 Å². The molecule has 0 aliphatic heterocycles. The first kappa shape index (κ1) is 21.2. The van der Waals surface area contributed by atoms with E-state index in [9.17, 15) is 5.11 Å². The molecule has 8 heteroatoms. The minimum Gasteiger partial charge on any atom is -0.512 e. The van der Waals surface area contributed by atoms with Gasteiger partial charge in [0.05, 0.1) is 35.6 Å². The highest BCUT2D eigenvalue weighted by Gasteiger charge is 2.20. The fourth-order valence-electron chi connectivity index (χ4n) is 3.82. The van der Waals surface area contributed by atoms with Crippen LogP contribution in [0.1, 0.15) is 38.1 Å². The molecule has 0 radical (unpaired) electrons. The summed E-state index contributed by atoms with van der Waals surface area (Å²) in [7, 11) is 1.53. The first-order valence-electron chi connectivity index (χ1n) is 10.1. The number of fused-ring (bicyclic) bond motifs is 1. The van der Waals surface area contributed by atoms with Gasteiger partial charge < -0.3 is 19.8 Å². The van der Waals surface area contributed by atoms with Crippen LogP contribution in [-0.2, 0) is 0 Å². The molecule has 0 aromatic carbocycles. The lowest BCUT2D eigenvalue weighted by Gasteiger charge is -2.15. The summed E-state index contributed by atoms with van der Waals surface area (Å²) in [6.07, 6.45) is 8.87. The van der Waals surface area contributed by atoms with E-state index in [2.05, 4.69) is 26.4 Å². The van der Waals surface area contributed by atoms with Crippen molar-refractivity contribution >= 4 is 22.3 Å². The summed E-state index contributed by atoms with van der Waals surface area (Å²) in [4.78, 5) is 17.7. The van der Waals surface area contributed by atoms with Crippen molar-refractivity contribution in [2.24, 2.45) is 0 Å². The quantitative estimate of drug-likeness (QED) is 0.336. The highest BCUT2D eigenvalue weighted by Crippen LogP contribution is 2.34. The number of hydrogen-bond donors (Lipinski definition) is 2. The van der Waals surface area contributed by atoms with Crippen LogP contribution in [0.25, 0.3) is 27.7 Å². The molecule has 4 aromatic rings. The van der Waals surface area contributed by atoms with Gasteiger partial charge in [-0.2, -0.15) is 0 Å². The van der Waals surface area contributed by atoms with Crippen LogP contribution in [0.4, 0.5) is 0 Å². The maximum Gasteiger partial charge on any atom is 0.316 e. The maximum absolute atomic E-state index is 10.2. The zero-order chi connectivity index (χ0) is 22.8. The van der Waals surface area contributed by atoms with Gasteiger partial charge in [0.1, 0.15) is 0 Å². The van der Waals surface area contributed by atoms with Gasteiger partial charge in [-0.1, -0.05) is 6.07 Å². The monoisotopic (exact) mass is 428 g/mol. The number of nitrogens with one attached hydrogen (secondary N) is 1. The molecule has 8 nitrogen and oxygen atoms in total. The Morgan fingerprint density at radius 1 is 1.09 bits per heavy atom. The Balaban J connectivity index is 1.96. The third-order valence-electron chi connectivity index (χ3n) is 5.35. The van der Waals surface area contributed by atoms with E-state index >= 15 is 0 Å². The van der Waals surface area contributed by atoms with Crippen molar-refractivity contribution in [3.63, 3.8) is 0 Å². The zero-order valence-electron chi connectivity index (χ0n) is 18.4. The number of aliphatic hydroxyl groups is 1. The van der Waals surface area contributed by atoms with Gasteiger partial charge in [0.2, 0.25) is 0 Å². The van der Waals surface area contributed by atoms with E-state index in [0.717, 1.165) is 27.9 Å². The molecule has 4 heterocycles. The van der Waals surface area contributed by atoms with E-state index in [4.69, 9.17) is 15.1 Å². The molecule has 162 valence electrons. The van der Waals surface area contributed by atoms with Crippen LogP contribution < -0.4 is 4.74 Å². The summed E-state index contributed by atoms with van der Waals surface area (Å²) in [5, 5.41) is 18.3. The minimum atomic E-state index is -0.0765. The molecule has 0 aliphatic carbocycles. The van der Waals surface area contributed by atoms with Gasteiger partial charge in [0.25, 0.3) is 0 Å². The second-order valence-corrected chi connectivity index (χ2v) is 7.52. The number of aromatic nitrogens is 5. The van der Waals surface area contributed by atoms with Crippen molar-refractivity contribution in [2.45, 2.75) is 26.8 Å². The third kappa shape index (κ3) is 3.82. The molecule has 0 unspecified atom stereocenters. The smallest absolute Gasteiger partial charge is 0.316 e. The van der Waals surface area contributed by atoms with Gasteiger partial charge in [-0.15, -0.1) is 0 Å². The molecule has 32 heavy (non-hydrogen) atoms. The van der Waals surface area contributed by atoms with E-state index in [-0.39, 0.29) is 17.5 Å².